The number of hydrogen-bond acceptors (Lipinski definition) is 5. The summed E-state index contributed by atoms with van der Waals surface area (Å²) in [5.74, 6) is -0.365. The number of nitrogens with zero attached hydrogens (tertiary/aromatic N) is 1. The zero-order valence-corrected chi connectivity index (χ0v) is 20.7. The van der Waals surface area contributed by atoms with Crippen molar-refractivity contribution in [3.05, 3.63) is 29.8 Å². The maximum atomic E-state index is 13.3. The maximum absolute atomic E-state index is 13.3. The van der Waals surface area contributed by atoms with Crippen LogP contribution in [0.4, 0.5) is 5.69 Å². The van der Waals surface area contributed by atoms with Gasteiger partial charge in [0.1, 0.15) is 0 Å². The second-order valence-corrected chi connectivity index (χ2v) is 10.4. The van der Waals surface area contributed by atoms with E-state index in [1.807, 2.05) is 38.1 Å². The zero-order chi connectivity index (χ0) is 24.6. The number of fused-ring (bicyclic) bond motifs is 1. The number of carbonyl (C=O) groups is 2. The van der Waals surface area contributed by atoms with Crippen LogP contribution in [0.2, 0.25) is 0 Å². The first-order valence-electron chi connectivity index (χ1n) is 12.3. The van der Waals surface area contributed by atoms with Crippen LogP contribution in [0.1, 0.15) is 65.4 Å². The van der Waals surface area contributed by atoms with Gasteiger partial charge in [-0.15, -0.1) is 0 Å². The molecule has 0 bridgehead atoms. The van der Waals surface area contributed by atoms with Gasteiger partial charge in [0.05, 0.1) is 6.10 Å². The molecule has 2 amide bonds. The van der Waals surface area contributed by atoms with E-state index in [4.69, 9.17) is 5.73 Å². The van der Waals surface area contributed by atoms with Crippen LogP contribution in [0.5, 0.6) is 0 Å². The molecule has 1 aromatic carbocycles. The summed E-state index contributed by atoms with van der Waals surface area (Å²) in [6, 6.07) is 7.31. The monoisotopic (exact) mass is 461 g/mol. The molecule has 186 valence electrons. The van der Waals surface area contributed by atoms with E-state index in [1.165, 1.54) is 0 Å². The lowest BCUT2D eigenvalue weighted by Gasteiger charge is -2.37. The first kappa shape index (κ1) is 27.3. The second kappa shape index (κ2) is 12.5. The van der Waals surface area contributed by atoms with Crippen LogP contribution in [0.25, 0.3) is 0 Å². The number of para-hydroxylation sites is 1. The molecule has 5 N–H and O–H groups in total. The van der Waals surface area contributed by atoms with Gasteiger partial charge in [0.25, 0.3) is 0 Å². The molecular formula is C26H43N3O4. The summed E-state index contributed by atoms with van der Waals surface area (Å²) in [5.41, 5.74) is 7.87. The van der Waals surface area contributed by atoms with Crippen LogP contribution in [0.15, 0.2) is 24.3 Å². The van der Waals surface area contributed by atoms with Gasteiger partial charge in [0, 0.05) is 49.7 Å². The van der Waals surface area contributed by atoms with Crippen molar-refractivity contribution in [1.82, 2.24) is 5.32 Å². The highest BCUT2D eigenvalue weighted by Crippen LogP contribution is 2.34. The molecule has 1 aliphatic heterocycles. The molecule has 7 heteroatoms. The number of benzene rings is 1. The Morgan fingerprint density at radius 1 is 1.30 bits per heavy atom. The quantitative estimate of drug-likeness (QED) is 0.357. The Bertz CT molecular complexity index is 783. The zero-order valence-electron chi connectivity index (χ0n) is 20.7. The number of anilines is 1. The number of rotatable bonds is 12. The number of nitrogens with two attached hydrogens (primary N) is 1. The summed E-state index contributed by atoms with van der Waals surface area (Å²) < 4.78 is 0. The fourth-order valence-corrected chi connectivity index (χ4v) is 4.60. The third kappa shape index (κ3) is 8.09. The van der Waals surface area contributed by atoms with Gasteiger partial charge in [-0.05, 0) is 42.7 Å². The van der Waals surface area contributed by atoms with E-state index < -0.39 is 17.6 Å². The lowest BCUT2D eigenvalue weighted by Crippen LogP contribution is -2.45. The van der Waals surface area contributed by atoms with Gasteiger partial charge in [-0.3, -0.25) is 9.59 Å². The van der Waals surface area contributed by atoms with Gasteiger partial charge >= 0.3 is 0 Å². The third-order valence-electron chi connectivity index (χ3n) is 6.58. The molecule has 4 atom stereocenters. The molecule has 1 aromatic rings. The Labute approximate surface area is 198 Å². The minimum absolute atomic E-state index is 0.00374. The topological polar surface area (TPSA) is 116 Å². The summed E-state index contributed by atoms with van der Waals surface area (Å²) in [6.45, 7) is 9.03. The Morgan fingerprint density at radius 2 is 2.00 bits per heavy atom. The van der Waals surface area contributed by atoms with Crippen molar-refractivity contribution in [1.29, 1.82) is 0 Å². The van der Waals surface area contributed by atoms with E-state index in [-0.39, 0.29) is 36.7 Å². The van der Waals surface area contributed by atoms with Crippen molar-refractivity contribution in [3.63, 3.8) is 0 Å². The molecule has 1 heterocycles. The number of hydrogen-bond donors (Lipinski definition) is 4. The lowest BCUT2D eigenvalue weighted by atomic mass is 9.79. The Hall–Kier alpha value is -1.96. The van der Waals surface area contributed by atoms with Gasteiger partial charge in [-0.1, -0.05) is 52.3 Å². The molecule has 0 saturated heterocycles. The minimum Gasteiger partial charge on any atom is -0.396 e. The molecule has 33 heavy (non-hydrogen) atoms. The van der Waals surface area contributed by atoms with E-state index in [0.29, 0.717) is 25.9 Å². The highest BCUT2D eigenvalue weighted by atomic mass is 16.3. The molecule has 7 nitrogen and oxygen atoms in total. The summed E-state index contributed by atoms with van der Waals surface area (Å²) in [7, 11) is 0. The van der Waals surface area contributed by atoms with Crippen LogP contribution in [0, 0.1) is 17.3 Å². The fraction of sp³-hybridized carbons (Fsp3) is 0.692. The molecule has 0 aliphatic carbocycles. The van der Waals surface area contributed by atoms with E-state index >= 15 is 0 Å². The molecule has 2 rings (SSSR count). The number of amides is 2. The van der Waals surface area contributed by atoms with E-state index in [2.05, 4.69) is 12.2 Å². The summed E-state index contributed by atoms with van der Waals surface area (Å²) >= 11 is 0. The van der Waals surface area contributed by atoms with Gasteiger partial charge in [0.15, 0.2) is 0 Å². The Morgan fingerprint density at radius 3 is 2.67 bits per heavy atom. The maximum Gasteiger partial charge on any atom is 0.227 e. The predicted octanol–water partition coefficient (Wildman–Crippen LogP) is 2.62. The van der Waals surface area contributed by atoms with Crippen molar-refractivity contribution in [2.75, 3.05) is 24.6 Å². The molecule has 0 spiro atoms. The second-order valence-electron chi connectivity index (χ2n) is 10.4. The van der Waals surface area contributed by atoms with Gasteiger partial charge in [-0.25, -0.2) is 0 Å². The third-order valence-corrected chi connectivity index (χ3v) is 6.58. The van der Waals surface area contributed by atoms with E-state index in [9.17, 15) is 19.8 Å². The SMILES string of the molecule is CCCCNC(=O)[C@H](C)C[C@H](O)[C@@H](N)CC(C)(C)CC(=O)N1CC(CO)Cc2ccccc21. The van der Waals surface area contributed by atoms with Gasteiger partial charge in [0.2, 0.25) is 11.8 Å². The first-order chi connectivity index (χ1) is 15.6. The Kier molecular flexibility index (Phi) is 10.3. The summed E-state index contributed by atoms with van der Waals surface area (Å²) in [6.07, 6.45) is 2.93. The van der Waals surface area contributed by atoms with Gasteiger partial charge < -0.3 is 26.2 Å². The van der Waals surface area contributed by atoms with Crippen molar-refractivity contribution in [2.45, 2.75) is 78.4 Å². The highest BCUT2D eigenvalue weighted by Gasteiger charge is 2.34. The molecule has 0 saturated carbocycles. The van der Waals surface area contributed by atoms with Gasteiger partial charge in [-0.2, -0.15) is 0 Å². The standard InChI is InChI=1S/C26H43N3O4/c1-5-6-11-28-25(33)18(2)12-23(31)21(27)14-26(3,4)15-24(32)29-16-19(17-30)13-20-9-7-8-10-22(20)29/h7-10,18-19,21,23,30-31H,5-6,11-17,27H2,1-4H3,(H,28,33)/t18-,19?,21+,23+/m1/s1. The number of unbranched alkanes of at least 4 members (excludes halogenated alkanes) is 1. The molecule has 1 unspecified atom stereocenters. The number of aliphatic hydroxyl groups excluding tert-OH is 2. The summed E-state index contributed by atoms with van der Waals surface area (Å²) in [5, 5.41) is 23.2. The molecule has 0 radical (unpaired) electrons. The largest absolute Gasteiger partial charge is 0.396 e. The average molecular weight is 462 g/mol. The van der Waals surface area contributed by atoms with Crippen LogP contribution >= 0.6 is 0 Å². The van der Waals surface area contributed by atoms with Crippen LogP contribution < -0.4 is 16.0 Å². The smallest absolute Gasteiger partial charge is 0.227 e. The van der Waals surface area contributed by atoms with E-state index in [0.717, 1.165) is 30.5 Å². The molecule has 1 aliphatic rings. The highest BCUT2D eigenvalue weighted by molar-refractivity contribution is 5.95. The predicted molar refractivity (Wildman–Crippen MR) is 132 cm³/mol. The van der Waals surface area contributed by atoms with Crippen LogP contribution in [-0.4, -0.2) is 53.9 Å². The van der Waals surface area contributed by atoms with Crippen molar-refractivity contribution in [3.8, 4) is 0 Å². The molecule has 0 aromatic heterocycles. The number of carbonyl (C=O) groups excluding carboxylic acids is 2. The van der Waals surface area contributed by atoms with E-state index in [1.54, 1.807) is 11.8 Å². The number of nitrogens with one attached hydrogen (secondary N) is 1. The molecular weight excluding hydrogens is 418 g/mol. The van der Waals surface area contributed by atoms with Crippen LogP contribution in [-0.2, 0) is 16.0 Å². The Balaban J connectivity index is 1.94. The van der Waals surface area contributed by atoms with Crippen molar-refractivity contribution >= 4 is 17.5 Å². The van der Waals surface area contributed by atoms with Crippen molar-refractivity contribution in [2.24, 2.45) is 23.0 Å². The summed E-state index contributed by atoms with van der Waals surface area (Å²) in [4.78, 5) is 27.3. The lowest BCUT2D eigenvalue weighted by molar-refractivity contribution is -0.125. The fourth-order valence-electron chi connectivity index (χ4n) is 4.60. The molecule has 0 fully saturated rings. The normalized spacial score (nSPS) is 18.9. The van der Waals surface area contributed by atoms with Crippen LogP contribution in [0.3, 0.4) is 0 Å². The number of aliphatic hydroxyl groups is 2. The minimum atomic E-state index is -0.819. The average Bonchev–Trinajstić information content (AvgIpc) is 2.77. The first-order valence-corrected chi connectivity index (χ1v) is 12.3. The van der Waals surface area contributed by atoms with Crippen molar-refractivity contribution < 1.29 is 19.8 Å².